The van der Waals surface area contributed by atoms with Gasteiger partial charge in [0.1, 0.15) is 16.8 Å². The zero-order valence-electron chi connectivity index (χ0n) is 16.0. The summed E-state index contributed by atoms with van der Waals surface area (Å²) in [5.74, 6) is 0.357. The van der Waals surface area contributed by atoms with Crippen molar-refractivity contribution in [3.05, 3.63) is 41.3 Å². The van der Waals surface area contributed by atoms with Gasteiger partial charge in [0.25, 0.3) is 5.91 Å². The van der Waals surface area contributed by atoms with Crippen molar-refractivity contribution in [2.45, 2.75) is 25.4 Å². The van der Waals surface area contributed by atoms with Gasteiger partial charge in [-0.05, 0) is 42.8 Å². The topological polar surface area (TPSA) is 85.7 Å². The highest BCUT2D eigenvalue weighted by Crippen LogP contribution is 2.33. The van der Waals surface area contributed by atoms with Crippen LogP contribution >= 0.6 is 11.3 Å². The third kappa shape index (κ3) is 4.20. The minimum atomic E-state index is -0.632. The van der Waals surface area contributed by atoms with Crippen LogP contribution in [0.1, 0.15) is 24.8 Å². The number of fused-ring (bicyclic) bond motifs is 1. The maximum atomic E-state index is 13.0. The highest BCUT2D eigenvalue weighted by atomic mass is 32.1. The molecule has 0 radical (unpaired) electrons. The summed E-state index contributed by atoms with van der Waals surface area (Å²) >= 11 is 1.32. The van der Waals surface area contributed by atoms with Crippen LogP contribution in [0, 0.1) is 11.3 Å². The molecule has 1 aromatic heterocycles. The number of likely N-dealkylation sites (tertiary alicyclic amines) is 1. The number of para-hydroxylation sites is 2. The number of carbonyl (C=O) groups is 2. The van der Waals surface area contributed by atoms with Gasteiger partial charge in [0, 0.05) is 13.1 Å². The standard InChI is InChI=1S/C21H22N4O3S/c22-12-15-8-11-29-20(15)23-19(26)14-25-13-18(21(27)24-9-4-1-5-10-24)28-17-7-3-2-6-16(17)25/h2-3,6-8,11,18H,1,4-5,9-10,13-14H2,(H,23,26). The van der Waals surface area contributed by atoms with Crippen LogP contribution in [0.4, 0.5) is 10.7 Å². The number of hydrogen-bond acceptors (Lipinski definition) is 6. The molecule has 7 nitrogen and oxygen atoms in total. The number of ether oxygens (including phenoxy) is 1. The van der Waals surface area contributed by atoms with E-state index < -0.39 is 6.10 Å². The van der Waals surface area contributed by atoms with Gasteiger partial charge in [-0.3, -0.25) is 9.59 Å². The molecular weight excluding hydrogens is 388 g/mol. The molecule has 2 aromatic rings. The van der Waals surface area contributed by atoms with Crippen LogP contribution in [0.25, 0.3) is 0 Å². The fraction of sp³-hybridized carbons (Fsp3) is 0.381. The van der Waals surface area contributed by atoms with E-state index in [0.717, 1.165) is 38.0 Å². The molecule has 29 heavy (non-hydrogen) atoms. The van der Waals surface area contributed by atoms with E-state index >= 15 is 0 Å². The number of nitrogens with zero attached hydrogens (tertiary/aromatic N) is 3. The molecule has 2 aliphatic rings. The summed E-state index contributed by atoms with van der Waals surface area (Å²) in [6.07, 6.45) is 2.55. The summed E-state index contributed by atoms with van der Waals surface area (Å²) < 4.78 is 6.00. The summed E-state index contributed by atoms with van der Waals surface area (Å²) in [5.41, 5.74) is 1.24. The van der Waals surface area contributed by atoms with Crippen molar-refractivity contribution in [1.82, 2.24) is 4.90 Å². The first kappa shape index (κ1) is 19.3. The lowest BCUT2D eigenvalue weighted by Crippen LogP contribution is -2.52. The Hall–Kier alpha value is -3.05. The summed E-state index contributed by atoms with van der Waals surface area (Å²) in [7, 11) is 0. The molecule has 0 saturated carbocycles. The Bertz CT molecular complexity index is 945. The summed E-state index contributed by atoms with van der Waals surface area (Å²) in [6.45, 7) is 1.91. The van der Waals surface area contributed by atoms with Crippen LogP contribution in [0.15, 0.2) is 35.7 Å². The minimum Gasteiger partial charge on any atom is -0.477 e. The molecule has 4 rings (SSSR count). The summed E-state index contributed by atoms with van der Waals surface area (Å²) in [5, 5.41) is 14.2. The van der Waals surface area contributed by atoms with E-state index in [0.29, 0.717) is 22.9 Å². The third-order valence-corrected chi connectivity index (χ3v) is 6.01. The first-order chi connectivity index (χ1) is 14.2. The Balaban J connectivity index is 1.49. The van der Waals surface area contributed by atoms with E-state index in [1.807, 2.05) is 34.1 Å². The van der Waals surface area contributed by atoms with Crippen LogP contribution in [0.5, 0.6) is 5.75 Å². The maximum absolute atomic E-state index is 13.0. The number of carbonyl (C=O) groups excluding carboxylic acids is 2. The fourth-order valence-corrected chi connectivity index (χ4v) is 4.49. The van der Waals surface area contributed by atoms with Crippen LogP contribution < -0.4 is 15.0 Å². The zero-order valence-corrected chi connectivity index (χ0v) is 16.8. The molecule has 1 aromatic carbocycles. The van der Waals surface area contributed by atoms with E-state index in [1.54, 1.807) is 11.4 Å². The average Bonchev–Trinajstić information content (AvgIpc) is 3.20. The van der Waals surface area contributed by atoms with Crippen molar-refractivity contribution >= 4 is 33.8 Å². The predicted molar refractivity (Wildman–Crippen MR) is 111 cm³/mol. The lowest BCUT2D eigenvalue weighted by molar-refractivity contribution is -0.139. The van der Waals surface area contributed by atoms with E-state index in [4.69, 9.17) is 10.00 Å². The van der Waals surface area contributed by atoms with Gasteiger partial charge < -0.3 is 19.9 Å². The lowest BCUT2D eigenvalue weighted by Gasteiger charge is -2.38. The molecule has 1 fully saturated rings. The van der Waals surface area contributed by atoms with Crippen molar-refractivity contribution in [1.29, 1.82) is 5.26 Å². The fourth-order valence-electron chi connectivity index (χ4n) is 3.74. The molecule has 2 aliphatic heterocycles. The van der Waals surface area contributed by atoms with Gasteiger partial charge in [0.2, 0.25) is 5.91 Å². The monoisotopic (exact) mass is 410 g/mol. The minimum absolute atomic E-state index is 0.0189. The number of piperidine rings is 1. The van der Waals surface area contributed by atoms with Crippen LogP contribution in [0.2, 0.25) is 0 Å². The second-order valence-electron chi connectivity index (χ2n) is 7.16. The van der Waals surface area contributed by atoms with Gasteiger partial charge in [0.15, 0.2) is 6.10 Å². The number of anilines is 2. The number of nitriles is 1. The van der Waals surface area contributed by atoms with E-state index in [-0.39, 0.29) is 18.4 Å². The molecular formula is C21H22N4O3S. The Morgan fingerprint density at radius 2 is 2.00 bits per heavy atom. The molecule has 8 heteroatoms. The second-order valence-corrected chi connectivity index (χ2v) is 8.08. The molecule has 1 atom stereocenters. The van der Waals surface area contributed by atoms with Crippen LogP contribution in [-0.2, 0) is 9.59 Å². The Morgan fingerprint density at radius 3 is 2.79 bits per heavy atom. The molecule has 150 valence electrons. The number of thiophene rings is 1. The quantitative estimate of drug-likeness (QED) is 0.838. The molecule has 0 spiro atoms. The van der Waals surface area contributed by atoms with Crippen molar-refractivity contribution in [2.24, 2.45) is 0 Å². The van der Waals surface area contributed by atoms with E-state index in [9.17, 15) is 9.59 Å². The van der Waals surface area contributed by atoms with Gasteiger partial charge >= 0.3 is 0 Å². The van der Waals surface area contributed by atoms with E-state index in [2.05, 4.69) is 11.4 Å². The van der Waals surface area contributed by atoms with Crippen molar-refractivity contribution in [3.8, 4) is 11.8 Å². The number of rotatable bonds is 4. The predicted octanol–water partition coefficient (Wildman–Crippen LogP) is 2.84. The Kier molecular flexibility index (Phi) is 5.67. The highest BCUT2D eigenvalue weighted by Gasteiger charge is 2.34. The molecule has 1 saturated heterocycles. The summed E-state index contributed by atoms with van der Waals surface area (Å²) in [6, 6.07) is 11.2. The molecule has 1 N–H and O–H groups in total. The van der Waals surface area contributed by atoms with Crippen molar-refractivity contribution in [2.75, 3.05) is 36.4 Å². The number of amides is 2. The Morgan fingerprint density at radius 1 is 1.21 bits per heavy atom. The van der Waals surface area contributed by atoms with Gasteiger partial charge in [0.05, 0.1) is 24.3 Å². The number of nitrogens with one attached hydrogen (secondary N) is 1. The van der Waals surface area contributed by atoms with Crippen molar-refractivity contribution < 1.29 is 14.3 Å². The smallest absolute Gasteiger partial charge is 0.265 e. The SMILES string of the molecule is N#Cc1ccsc1NC(=O)CN1CC(C(=O)N2CCCCC2)Oc2ccccc21. The summed E-state index contributed by atoms with van der Waals surface area (Å²) in [4.78, 5) is 29.4. The van der Waals surface area contributed by atoms with Gasteiger partial charge in [-0.2, -0.15) is 5.26 Å². The second kappa shape index (κ2) is 8.53. The largest absolute Gasteiger partial charge is 0.477 e. The number of benzene rings is 1. The third-order valence-electron chi connectivity index (χ3n) is 5.18. The molecule has 3 heterocycles. The first-order valence-corrected chi connectivity index (χ1v) is 10.6. The molecule has 1 unspecified atom stereocenters. The van der Waals surface area contributed by atoms with Gasteiger partial charge in [-0.1, -0.05) is 12.1 Å². The molecule has 2 amide bonds. The Labute approximate surface area is 173 Å². The molecule has 0 aliphatic carbocycles. The number of hydrogen-bond donors (Lipinski definition) is 1. The highest BCUT2D eigenvalue weighted by molar-refractivity contribution is 7.14. The first-order valence-electron chi connectivity index (χ1n) is 9.72. The normalized spacial score (nSPS) is 18.4. The van der Waals surface area contributed by atoms with E-state index in [1.165, 1.54) is 11.3 Å². The zero-order chi connectivity index (χ0) is 20.2. The average molecular weight is 410 g/mol. The van der Waals surface area contributed by atoms with Crippen LogP contribution in [0.3, 0.4) is 0 Å². The van der Waals surface area contributed by atoms with Crippen LogP contribution in [-0.4, -0.2) is 49.0 Å². The van der Waals surface area contributed by atoms with Crippen molar-refractivity contribution in [3.63, 3.8) is 0 Å². The van der Waals surface area contributed by atoms with Gasteiger partial charge in [-0.15, -0.1) is 11.3 Å². The van der Waals surface area contributed by atoms with Gasteiger partial charge in [-0.25, -0.2) is 0 Å². The maximum Gasteiger partial charge on any atom is 0.265 e. The lowest BCUT2D eigenvalue weighted by atomic mass is 10.1. The molecule has 0 bridgehead atoms.